The second kappa shape index (κ2) is 11.5. The molecule has 1 aromatic rings. The average molecular weight is 174 g/mol. The van der Waals surface area contributed by atoms with E-state index in [0.29, 0.717) is 0 Å². The first-order valence-electron chi connectivity index (χ1n) is 1.85. The molecule has 0 spiro atoms. The zero-order valence-electron chi connectivity index (χ0n) is 5.12. The normalized spacial score (nSPS) is 5.33. The van der Waals surface area contributed by atoms with Crippen LogP contribution in [0.4, 0.5) is 0 Å². The predicted octanol–water partition coefficient (Wildman–Crippen LogP) is -4.49. The molecular formula is C5H6Cl2NNa. The molecule has 0 saturated heterocycles. The first-order valence-corrected chi connectivity index (χ1v) is 1.85. The van der Waals surface area contributed by atoms with Crippen LogP contribution in [0.3, 0.4) is 0 Å². The largest absolute Gasteiger partial charge is 1.00 e. The van der Waals surface area contributed by atoms with Gasteiger partial charge in [0.25, 0.3) is 0 Å². The maximum Gasteiger partial charge on any atom is 1.00 e. The molecule has 46 valence electrons. The van der Waals surface area contributed by atoms with Crippen molar-refractivity contribution >= 4 is 12.4 Å². The molecule has 0 aliphatic rings. The number of halogens is 2. The monoisotopic (exact) mass is 173 g/mol. The van der Waals surface area contributed by atoms with Gasteiger partial charge in [0.15, 0.2) is 0 Å². The Balaban J connectivity index is -0.000000120. The molecule has 9 heavy (non-hydrogen) atoms. The van der Waals surface area contributed by atoms with Gasteiger partial charge in [-0.2, -0.15) is 0 Å². The molecular weight excluding hydrogens is 168 g/mol. The topological polar surface area (TPSA) is 12.9 Å². The zero-order valence-corrected chi connectivity index (χ0v) is 8.69. The third kappa shape index (κ3) is 8.73. The molecule has 0 aliphatic heterocycles. The number of rotatable bonds is 0. The van der Waals surface area contributed by atoms with E-state index in [1.807, 2.05) is 18.2 Å². The summed E-state index contributed by atoms with van der Waals surface area (Å²) in [5.74, 6) is 0. The minimum atomic E-state index is 0. The van der Waals surface area contributed by atoms with Crippen molar-refractivity contribution in [1.29, 1.82) is 0 Å². The van der Waals surface area contributed by atoms with Gasteiger partial charge in [-0.05, 0) is 12.1 Å². The van der Waals surface area contributed by atoms with E-state index in [2.05, 4.69) is 4.98 Å². The first-order chi connectivity index (χ1) is 3.00. The molecule has 1 nitrogen and oxygen atoms in total. The molecule has 0 fully saturated rings. The van der Waals surface area contributed by atoms with Crippen LogP contribution in [0.25, 0.3) is 0 Å². The van der Waals surface area contributed by atoms with E-state index in [1.165, 1.54) is 0 Å². The van der Waals surface area contributed by atoms with E-state index in [-0.39, 0.29) is 54.4 Å². The molecule has 1 rings (SSSR count). The van der Waals surface area contributed by atoms with E-state index in [4.69, 9.17) is 0 Å². The average Bonchev–Trinajstić information content (AvgIpc) is 1.72. The summed E-state index contributed by atoms with van der Waals surface area (Å²) in [6.45, 7) is 0. The van der Waals surface area contributed by atoms with Crippen LogP contribution >= 0.6 is 12.4 Å². The fraction of sp³-hybridized carbons (Fsp3) is 0. The van der Waals surface area contributed by atoms with Crippen LogP contribution < -0.4 is 42.0 Å². The fourth-order valence-electron chi connectivity index (χ4n) is 0.313. The maximum atomic E-state index is 3.78. The summed E-state index contributed by atoms with van der Waals surface area (Å²) in [6.07, 6.45) is 3.50. The van der Waals surface area contributed by atoms with E-state index < -0.39 is 0 Å². The summed E-state index contributed by atoms with van der Waals surface area (Å²) >= 11 is 0. The minimum absolute atomic E-state index is 0. The van der Waals surface area contributed by atoms with Gasteiger partial charge < -0.3 is 12.4 Å². The summed E-state index contributed by atoms with van der Waals surface area (Å²) < 4.78 is 0. The molecule has 0 radical (unpaired) electrons. The molecule has 0 saturated carbocycles. The van der Waals surface area contributed by atoms with Crippen molar-refractivity contribution < 1.29 is 42.0 Å². The smallest absolute Gasteiger partial charge is 1.00 e. The van der Waals surface area contributed by atoms with E-state index in [0.717, 1.165) is 0 Å². The summed E-state index contributed by atoms with van der Waals surface area (Å²) in [6, 6.07) is 5.72. The number of hydrogen-bond acceptors (Lipinski definition) is 1. The van der Waals surface area contributed by atoms with Crippen LogP contribution in [0.15, 0.2) is 30.6 Å². The number of hydrogen-bond donors (Lipinski definition) is 0. The Hall–Kier alpha value is 0.730. The Morgan fingerprint density at radius 3 is 1.44 bits per heavy atom. The summed E-state index contributed by atoms with van der Waals surface area (Å²) in [5.41, 5.74) is 0. The van der Waals surface area contributed by atoms with Gasteiger partial charge in [-0.3, -0.25) is 4.98 Å². The third-order valence-electron chi connectivity index (χ3n) is 0.566. The Kier molecular flexibility index (Phi) is 21.0. The van der Waals surface area contributed by atoms with Gasteiger partial charge in [0.1, 0.15) is 0 Å². The molecule has 0 N–H and O–H groups in total. The Bertz CT molecular complexity index is 86.9. The molecule has 1 aromatic heterocycles. The molecule has 4 heteroatoms. The molecule has 0 amide bonds. The van der Waals surface area contributed by atoms with Crippen LogP contribution in [-0.4, -0.2) is 4.98 Å². The second-order valence-electron chi connectivity index (χ2n) is 1.02. The van der Waals surface area contributed by atoms with Crippen LogP contribution in [0.1, 0.15) is 0 Å². The molecule has 0 unspecified atom stereocenters. The number of nitrogens with zero attached hydrogens (tertiary/aromatic N) is 1. The van der Waals surface area contributed by atoms with Gasteiger partial charge in [0.2, 0.25) is 0 Å². The molecule has 0 atom stereocenters. The van der Waals surface area contributed by atoms with Gasteiger partial charge in [0, 0.05) is 12.4 Å². The summed E-state index contributed by atoms with van der Waals surface area (Å²) in [4.78, 5) is 3.78. The van der Waals surface area contributed by atoms with Crippen molar-refractivity contribution in [3.05, 3.63) is 30.6 Å². The Morgan fingerprint density at radius 1 is 0.889 bits per heavy atom. The third-order valence-corrected chi connectivity index (χ3v) is 0.566. The quantitative estimate of drug-likeness (QED) is 0.361. The maximum absolute atomic E-state index is 3.78. The summed E-state index contributed by atoms with van der Waals surface area (Å²) in [5, 5.41) is 0. The van der Waals surface area contributed by atoms with E-state index >= 15 is 0 Å². The summed E-state index contributed by atoms with van der Waals surface area (Å²) in [7, 11) is 0. The van der Waals surface area contributed by atoms with Crippen LogP contribution in [0.2, 0.25) is 0 Å². The minimum Gasteiger partial charge on any atom is -1.00 e. The van der Waals surface area contributed by atoms with Crippen molar-refractivity contribution in [2.24, 2.45) is 0 Å². The number of pyridine rings is 1. The van der Waals surface area contributed by atoms with Crippen molar-refractivity contribution in [2.45, 2.75) is 0 Å². The van der Waals surface area contributed by atoms with E-state index in [1.54, 1.807) is 12.4 Å². The van der Waals surface area contributed by atoms with Crippen LogP contribution in [0.5, 0.6) is 0 Å². The van der Waals surface area contributed by atoms with Crippen LogP contribution in [0, 0.1) is 0 Å². The molecule has 0 aliphatic carbocycles. The van der Waals surface area contributed by atoms with Gasteiger partial charge in [0.05, 0.1) is 0 Å². The Labute approximate surface area is 89.4 Å². The molecule has 1 heterocycles. The van der Waals surface area contributed by atoms with Crippen molar-refractivity contribution in [1.82, 2.24) is 4.98 Å². The first kappa shape index (κ1) is 16.4. The van der Waals surface area contributed by atoms with Crippen molar-refractivity contribution in [3.8, 4) is 0 Å². The van der Waals surface area contributed by atoms with Crippen molar-refractivity contribution in [2.75, 3.05) is 0 Å². The van der Waals surface area contributed by atoms with Crippen molar-refractivity contribution in [3.63, 3.8) is 0 Å². The fourth-order valence-corrected chi connectivity index (χ4v) is 0.313. The van der Waals surface area contributed by atoms with Gasteiger partial charge in [-0.1, -0.05) is 6.07 Å². The van der Waals surface area contributed by atoms with Gasteiger partial charge >= 0.3 is 29.6 Å². The predicted molar refractivity (Wildman–Crippen MR) is 31.5 cm³/mol. The zero-order chi connectivity index (χ0) is 4.24. The number of aromatic nitrogens is 1. The molecule has 0 aromatic carbocycles. The Morgan fingerprint density at radius 2 is 1.33 bits per heavy atom. The van der Waals surface area contributed by atoms with E-state index in [9.17, 15) is 0 Å². The van der Waals surface area contributed by atoms with Gasteiger partial charge in [-0.15, -0.1) is 12.4 Å². The molecule has 0 bridgehead atoms. The van der Waals surface area contributed by atoms with Gasteiger partial charge in [-0.25, -0.2) is 0 Å². The van der Waals surface area contributed by atoms with Crippen LogP contribution in [-0.2, 0) is 0 Å². The second-order valence-corrected chi connectivity index (χ2v) is 1.02. The SMILES string of the molecule is Cl.[Cl-].[Na+].c1ccncc1. The standard InChI is InChI=1S/C5H5N.2ClH.Na/c1-2-4-6-5-3-1;;;/h1-5H;2*1H;/q;;;+1/p-1.